The van der Waals surface area contributed by atoms with Crippen molar-refractivity contribution in [2.45, 2.75) is 6.42 Å². The van der Waals surface area contributed by atoms with E-state index in [4.69, 9.17) is 11.6 Å². The van der Waals surface area contributed by atoms with Crippen molar-refractivity contribution < 1.29 is 5.11 Å². The van der Waals surface area contributed by atoms with Crippen LogP contribution < -0.4 is 5.56 Å². The van der Waals surface area contributed by atoms with Gasteiger partial charge >= 0.3 is 0 Å². The number of nitrogens with zero attached hydrogens (tertiary/aromatic N) is 2. The summed E-state index contributed by atoms with van der Waals surface area (Å²) < 4.78 is 0.722. The van der Waals surface area contributed by atoms with Crippen LogP contribution in [0.1, 0.15) is 10.6 Å². The largest absolute Gasteiger partial charge is 0.510 e. The molecule has 0 bridgehead atoms. The second kappa shape index (κ2) is 6.83. The van der Waals surface area contributed by atoms with E-state index < -0.39 is 5.56 Å². The third-order valence-corrected chi connectivity index (χ3v) is 4.74. The summed E-state index contributed by atoms with van der Waals surface area (Å²) in [5.74, 6) is -0.127. The molecular formula is C18H11ClN2O2S. The van der Waals surface area contributed by atoms with E-state index in [2.05, 4.69) is 4.98 Å². The normalized spacial score (nSPS) is 11.8. The van der Waals surface area contributed by atoms with E-state index in [1.165, 1.54) is 11.3 Å². The second-order valence-electron chi connectivity index (χ2n) is 5.06. The maximum atomic E-state index is 12.1. The van der Waals surface area contributed by atoms with Crippen molar-refractivity contribution in [3.05, 3.63) is 80.2 Å². The van der Waals surface area contributed by atoms with Crippen LogP contribution in [0.4, 0.5) is 0 Å². The Morgan fingerprint density at radius 3 is 2.62 bits per heavy atom. The number of nitriles is 1. The fraction of sp³-hybridized carbons (Fsp3) is 0.0556. The van der Waals surface area contributed by atoms with Gasteiger partial charge in [-0.3, -0.25) is 4.79 Å². The first-order chi connectivity index (χ1) is 11.6. The molecule has 2 aromatic carbocycles. The van der Waals surface area contributed by atoms with Crippen LogP contribution in [-0.2, 0) is 6.42 Å². The molecule has 0 saturated carbocycles. The molecule has 0 saturated heterocycles. The van der Waals surface area contributed by atoms with Crippen molar-refractivity contribution >= 4 is 38.6 Å². The zero-order chi connectivity index (χ0) is 17.1. The number of aliphatic hydroxyl groups excluding tert-OH is 1. The fourth-order valence-electron chi connectivity index (χ4n) is 2.24. The molecule has 0 atom stereocenters. The lowest BCUT2D eigenvalue weighted by Gasteiger charge is -2.05. The van der Waals surface area contributed by atoms with Gasteiger partial charge in [0.05, 0.1) is 5.39 Å². The number of aliphatic hydroxyl groups is 1. The molecule has 4 nitrogen and oxygen atoms in total. The predicted octanol–water partition coefficient (Wildman–Crippen LogP) is 4.35. The second-order valence-corrected chi connectivity index (χ2v) is 6.52. The molecule has 24 heavy (non-hydrogen) atoms. The summed E-state index contributed by atoms with van der Waals surface area (Å²) >= 11 is 7.04. The van der Waals surface area contributed by atoms with E-state index in [1.807, 2.05) is 12.1 Å². The van der Waals surface area contributed by atoms with E-state index in [9.17, 15) is 15.2 Å². The van der Waals surface area contributed by atoms with Crippen molar-refractivity contribution in [1.82, 2.24) is 4.98 Å². The van der Waals surface area contributed by atoms with Gasteiger partial charge in [0.1, 0.15) is 22.4 Å². The standard InChI is InChI=1S/C18H11ClN2O2S/c19-12-7-5-11(6-8-12)9-15(22)14(10-20)18-21-17(23)13-3-1-2-4-16(13)24-18/h1-8,22H,9H2/b15-14-. The number of halogens is 1. The van der Waals surface area contributed by atoms with Gasteiger partial charge in [0, 0.05) is 16.1 Å². The lowest BCUT2D eigenvalue weighted by atomic mass is 10.1. The Bertz CT molecular complexity index is 1030. The molecule has 0 aliphatic rings. The highest BCUT2D eigenvalue weighted by atomic mass is 35.5. The molecule has 0 radical (unpaired) electrons. The monoisotopic (exact) mass is 354 g/mol. The van der Waals surface area contributed by atoms with E-state index in [0.717, 1.165) is 10.3 Å². The summed E-state index contributed by atoms with van der Waals surface area (Å²) in [6.07, 6.45) is 0.162. The summed E-state index contributed by atoms with van der Waals surface area (Å²) in [7, 11) is 0. The molecule has 1 heterocycles. The number of benzene rings is 2. The van der Waals surface area contributed by atoms with Crippen LogP contribution in [0.15, 0.2) is 59.1 Å². The average molecular weight is 355 g/mol. The molecule has 3 rings (SSSR count). The number of allylic oxidation sites excluding steroid dienone is 2. The summed E-state index contributed by atoms with van der Waals surface area (Å²) in [4.78, 5) is 16.1. The first-order valence-electron chi connectivity index (χ1n) is 7.05. The predicted molar refractivity (Wildman–Crippen MR) is 96.2 cm³/mol. The van der Waals surface area contributed by atoms with Crippen molar-refractivity contribution in [3.63, 3.8) is 0 Å². The Balaban J connectivity index is 2.06. The van der Waals surface area contributed by atoms with Gasteiger partial charge in [0.15, 0.2) is 0 Å². The minimum absolute atomic E-state index is 0.0119. The van der Waals surface area contributed by atoms with Gasteiger partial charge in [0.25, 0.3) is 5.56 Å². The van der Waals surface area contributed by atoms with Crippen molar-refractivity contribution in [3.8, 4) is 6.07 Å². The molecule has 0 unspecified atom stereocenters. The van der Waals surface area contributed by atoms with Crippen LogP contribution in [0.3, 0.4) is 0 Å². The molecule has 0 aliphatic carbocycles. The molecule has 1 N–H and O–H groups in total. The quantitative estimate of drug-likeness (QED) is 0.560. The lowest BCUT2D eigenvalue weighted by Crippen LogP contribution is -2.08. The van der Waals surface area contributed by atoms with E-state index in [-0.39, 0.29) is 22.8 Å². The molecular weight excluding hydrogens is 344 g/mol. The van der Waals surface area contributed by atoms with Crippen molar-refractivity contribution in [2.24, 2.45) is 0 Å². The number of aromatic nitrogens is 1. The Kier molecular flexibility index (Phi) is 4.61. The zero-order valence-corrected chi connectivity index (χ0v) is 13.9. The van der Waals surface area contributed by atoms with Gasteiger partial charge in [-0.1, -0.05) is 35.9 Å². The van der Waals surface area contributed by atoms with Crippen LogP contribution in [0.25, 0.3) is 15.7 Å². The molecule has 3 aromatic rings. The van der Waals surface area contributed by atoms with Crippen molar-refractivity contribution in [2.75, 3.05) is 0 Å². The third-order valence-electron chi connectivity index (χ3n) is 3.43. The number of fused-ring (bicyclic) bond motifs is 1. The first kappa shape index (κ1) is 16.2. The maximum Gasteiger partial charge on any atom is 0.279 e. The molecule has 1 aromatic heterocycles. The lowest BCUT2D eigenvalue weighted by molar-refractivity contribution is 0.402. The Morgan fingerprint density at radius 2 is 1.92 bits per heavy atom. The summed E-state index contributed by atoms with van der Waals surface area (Å²) in [6, 6.07) is 16.0. The molecule has 0 fully saturated rings. The number of hydrogen-bond acceptors (Lipinski definition) is 5. The van der Waals surface area contributed by atoms with Gasteiger partial charge in [0.2, 0.25) is 0 Å². The molecule has 0 aliphatic heterocycles. The van der Waals surface area contributed by atoms with Crippen LogP contribution in [-0.4, -0.2) is 10.1 Å². The maximum absolute atomic E-state index is 12.1. The van der Waals surface area contributed by atoms with Crippen LogP contribution in [0.2, 0.25) is 5.02 Å². The third kappa shape index (κ3) is 3.30. The molecule has 6 heteroatoms. The number of hydrogen-bond donors (Lipinski definition) is 1. The van der Waals surface area contributed by atoms with E-state index in [0.29, 0.717) is 10.4 Å². The summed E-state index contributed by atoms with van der Waals surface area (Å²) in [5.41, 5.74) is 0.405. The van der Waals surface area contributed by atoms with E-state index in [1.54, 1.807) is 42.5 Å². The Hall–Kier alpha value is -2.68. The smallest absolute Gasteiger partial charge is 0.279 e. The first-order valence-corrected chi connectivity index (χ1v) is 8.25. The minimum Gasteiger partial charge on any atom is -0.510 e. The Labute approximate surface area is 146 Å². The topological polar surface area (TPSA) is 74.0 Å². The minimum atomic E-state index is -0.411. The Morgan fingerprint density at radius 1 is 1.21 bits per heavy atom. The molecule has 0 amide bonds. The SMILES string of the molecule is N#C/C(=C(/O)Cc1ccc(Cl)cc1)c1nc(=O)c2ccccc2s1. The molecule has 0 spiro atoms. The fourth-order valence-corrected chi connectivity index (χ4v) is 3.38. The van der Waals surface area contributed by atoms with Gasteiger partial charge in [-0.25, -0.2) is 0 Å². The van der Waals surface area contributed by atoms with Crippen LogP contribution >= 0.6 is 22.9 Å². The molecule has 118 valence electrons. The summed E-state index contributed by atoms with van der Waals surface area (Å²) in [5, 5.41) is 21.1. The average Bonchev–Trinajstić information content (AvgIpc) is 2.58. The highest BCUT2D eigenvalue weighted by molar-refractivity contribution is 7.19. The van der Waals surface area contributed by atoms with Gasteiger partial charge in [-0.05, 0) is 29.8 Å². The summed E-state index contributed by atoms with van der Waals surface area (Å²) in [6.45, 7) is 0. The van der Waals surface area contributed by atoms with Gasteiger partial charge < -0.3 is 5.11 Å². The van der Waals surface area contributed by atoms with Gasteiger partial charge in [-0.15, -0.1) is 11.3 Å². The van der Waals surface area contributed by atoms with E-state index >= 15 is 0 Å². The number of rotatable bonds is 3. The zero-order valence-electron chi connectivity index (χ0n) is 12.4. The van der Waals surface area contributed by atoms with Gasteiger partial charge in [-0.2, -0.15) is 10.2 Å². The van der Waals surface area contributed by atoms with Crippen LogP contribution in [0.5, 0.6) is 0 Å². The van der Waals surface area contributed by atoms with Crippen molar-refractivity contribution in [1.29, 1.82) is 5.26 Å². The highest BCUT2D eigenvalue weighted by Gasteiger charge is 2.14. The highest BCUT2D eigenvalue weighted by Crippen LogP contribution is 2.25. The van der Waals surface area contributed by atoms with Crippen LogP contribution in [0, 0.1) is 11.3 Å².